The summed E-state index contributed by atoms with van der Waals surface area (Å²) in [6.07, 6.45) is 0. The molecule has 2 heteroatoms. The molecule has 2 aromatic carbocycles. The lowest BCUT2D eigenvalue weighted by molar-refractivity contribution is 0.688. The first-order valence-electron chi connectivity index (χ1n) is 7.34. The molecule has 0 spiro atoms. The predicted molar refractivity (Wildman–Crippen MR) is 85.1 cm³/mol. The van der Waals surface area contributed by atoms with Crippen LogP contribution in [-0.4, -0.2) is 13.1 Å². The van der Waals surface area contributed by atoms with E-state index in [2.05, 4.69) is 66.5 Å². The van der Waals surface area contributed by atoms with Gasteiger partial charge in [-0.05, 0) is 42.2 Å². The first kappa shape index (κ1) is 13.2. The molecule has 0 radical (unpaired) electrons. The fourth-order valence-electron chi connectivity index (χ4n) is 2.81. The minimum atomic E-state index is 0.972. The Morgan fingerprint density at radius 2 is 1.90 bits per heavy atom. The fourth-order valence-corrected chi connectivity index (χ4v) is 2.81. The lowest BCUT2D eigenvalue weighted by atomic mass is 10.1. The van der Waals surface area contributed by atoms with Gasteiger partial charge in [0.1, 0.15) is 0 Å². The van der Waals surface area contributed by atoms with E-state index in [1.807, 2.05) is 0 Å². The number of nitrogens with zero attached hydrogens (tertiary/aromatic N) is 1. The van der Waals surface area contributed by atoms with Crippen LogP contribution in [0.4, 0.5) is 5.69 Å². The Morgan fingerprint density at radius 3 is 2.75 bits per heavy atom. The third-order valence-corrected chi connectivity index (χ3v) is 4.15. The van der Waals surface area contributed by atoms with E-state index in [1.54, 1.807) is 0 Å². The van der Waals surface area contributed by atoms with Crippen LogP contribution in [0, 0.1) is 13.8 Å². The maximum absolute atomic E-state index is 3.50. The van der Waals surface area contributed by atoms with Gasteiger partial charge in [-0.1, -0.05) is 36.4 Å². The number of hydrogen-bond acceptors (Lipinski definition) is 2. The summed E-state index contributed by atoms with van der Waals surface area (Å²) in [5.74, 6) is 0. The van der Waals surface area contributed by atoms with Crippen LogP contribution in [-0.2, 0) is 13.1 Å². The summed E-state index contributed by atoms with van der Waals surface area (Å²) in [7, 11) is 0. The van der Waals surface area contributed by atoms with E-state index >= 15 is 0 Å². The zero-order valence-corrected chi connectivity index (χ0v) is 12.3. The second kappa shape index (κ2) is 5.68. The van der Waals surface area contributed by atoms with Gasteiger partial charge < -0.3 is 10.2 Å². The van der Waals surface area contributed by atoms with Gasteiger partial charge in [0.2, 0.25) is 0 Å². The summed E-state index contributed by atoms with van der Waals surface area (Å²) >= 11 is 0. The van der Waals surface area contributed by atoms with Crippen molar-refractivity contribution in [2.45, 2.75) is 26.9 Å². The molecule has 1 aliphatic rings. The Labute approximate surface area is 121 Å². The van der Waals surface area contributed by atoms with Crippen LogP contribution in [0.5, 0.6) is 0 Å². The average molecular weight is 266 g/mol. The summed E-state index contributed by atoms with van der Waals surface area (Å²) in [5.41, 5.74) is 6.91. The van der Waals surface area contributed by atoms with E-state index in [0.717, 1.165) is 26.2 Å². The van der Waals surface area contributed by atoms with Crippen LogP contribution in [0.25, 0.3) is 0 Å². The summed E-state index contributed by atoms with van der Waals surface area (Å²) < 4.78 is 0. The largest absolute Gasteiger partial charge is 0.366 e. The Bertz CT molecular complexity index is 604. The number of hydrogen-bond donors (Lipinski definition) is 1. The topological polar surface area (TPSA) is 15.3 Å². The molecule has 104 valence electrons. The molecule has 0 bridgehead atoms. The maximum Gasteiger partial charge on any atom is 0.0430 e. The van der Waals surface area contributed by atoms with Crippen molar-refractivity contribution >= 4 is 5.69 Å². The molecule has 1 aliphatic heterocycles. The van der Waals surface area contributed by atoms with E-state index in [-0.39, 0.29) is 0 Å². The highest BCUT2D eigenvalue weighted by molar-refractivity contribution is 5.54. The van der Waals surface area contributed by atoms with Crippen molar-refractivity contribution in [2.75, 3.05) is 18.0 Å². The number of para-hydroxylation sites is 1. The number of aryl methyl sites for hydroxylation is 2. The molecule has 0 amide bonds. The quantitative estimate of drug-likeness (QED) is 0.896. The van der Waals surface area contributed by atoms with Crippen LogP contribution in [0.1, 0.15) is 22.3 Å². The molecule has 0 saturated carbocycles. The number of rotatable bonds is 2. The third kappa shape index (κ3) is 2.70. The molecule has 0 aromatic heterocycles. The molecule has 2 aromatic rings. The van der Waals surface area contributed by atoms with E-state index in [0.29, 0.717) is 0 Å². The van der Waals surface area contributed by atoms with Gasteiger partial charge in [0.15, 0.2) is 0 Å². The van der Waals surface area contributed by atoms with E-state index in [9.17, 15) is 0 Å². The minimum Gasteiger partial charge on any atom is -0.366 e. The summed E-state index contributed by atoms with van der Waals surface area (Å²) in [5, 5.41) is 3.50. The smallest absolute Gasteiger partial charge is 0.0430 e. The Morgan fingerprint density at radius 1 is 1.05 bits per heavy atom. The molecule has 20 heavy (non-hydrogen) atoms. The molecule has 0 atom stereocenters. The molecule has 0 saturated heterocycles. The van der Waals surface area contributed by atoms with Gasteiger partial charge in [-0.15, -0.1) is 0 Å². The van der Waals surface area contributed by atoms with Crippen LogP contribution < -0.4 is 10.2 Å². The molecule has 0 fully saturated rings. The predicted octanol–water partition coefficient (Wildman–Crippen LogP) is 3.41. The van der Waals surface area contributed by atoms with Gasteiger partial charge in [0.05, 0.1) is 0 Å². The van der Waals surface area contributed by atoms with Crippen molar-refractivity contribution in [3.05, 3.63) is 64.7 Å². The molecular formula is C18H22N2. The van der Waals surface area contributed by atoms with Crippen LogP contribution in [0.3, 0.4) is 0 Å². The Balaban J connectivity index is 1.88. The molecule has 0 aliphatic carbocycles. The van der Waals surface area contributed by atoms with Crippen LogP contribution in [0.15, 0.2) is 42.5 Å². The molecule has 0 unspecified atom stereocenters. The lowest BCUT2D eigenvalue weighted by Crippen LogP contribution is -2.28. The highest BCUT2D eigenvalue weighted by Gasteiger charge is 2.14. The van der Waals surface area contributed by atoms with Crippen molar-refractivity contribution in [3.63, 3.8) is 0 Å². The van der Waals surface area contributed by atoms with Crippen LogP contribution in [0.2, 0.25) is 0 Å². The number of anilines is 1. The van der Waals surface area contributed by atoms with Crippen molar-refractivity contribution in [2.24, 2.45) is 0 Å². The first-order valence-corrected chi connectivity index (χ1v) is 7.34. The molecular weight excluding hydrogens is 244 g/mol. The highest BCUT2D eigenvalue weighted by atomic mass is 15.2. The molecule has 3 rings (SSSR count). The van der Waals surface area contributed by atoms with Gasteiger partial charge in [-0.3, -0.25) is 0 Å². The van der Waals surface area contributed by atoms with Gasteiger partial charge in [0.25, 0.3) is 0 Å². The lowest BCUT2D eigenvalue weighted by Gasteiger charge is -2.25. The average Bonchev–Trinajstić information content (AvgIpc) is 2.66. The van der Waals surface area contributed by atoms with Crippen LogP contribution >= 0.6 is 0 Å². The standard InChI is InChI=1S/C18H22N2/c1-14-7-8-16(11-15(14)2)13-20-10-9-19-12-17-5-3-4-6-18(17)20/h3-8,11,19H,9-10,12-13H2,1-2H3. The third-order valence-electron chi connectivity index (χ3n) is 4.15. The maximum atomic E-state index is 3.50. The second-order valence-electron chi connectivity index (χ2n) is 5.65. The normalized spacial score (nSPS) is 14.8. The van der Waals surface area contributed by atoms with Crippen molar-refractivity contribution < 1.29 is 0 Å². The van der Waals surface area contributed by atoms with Crippen molar-refractivity contribution in [1.82, 2.24) is 5.32 Å². The van der Waals surface area contributed by atoms with Gasteiger partial charge in [-0.2, -0.15) is 0 Å². The van der Waals surface area contributed by atoms with E-state index in [1.165, 1.54) is 27.9 Å². The monoisotopic (exact) mass is 266 g/mol. The molecule has 1 N–H and O–H groups in total. The van der Waals surface area contributed by atoms with E-state index in [4.69, 9.17) is 0 Å². The van der Waals surface area contributed by atoms with Gasteiger partial charge in [0, 0.05) is 31.9 Å². The van der Waals surface area contributed by atoms with E-state index < -0.39 is 0 Å². The highest BCUT2D eigenvalue weighted by Crippen LogP contribution is 2.24. The Hall–Kier alpha value is -1.80. The minimum absolute atomic E-state index is 0.972. The van der Waals surface area contributed by atoms with Gasteiger partial charge >= 0.3 is 0 Å². The van der Waals surface area contributed by atoms with Crippen molar-refractivity contribution in [3.8, 4) is 0 Å². The Kier molecular flexibility index (Phi) is 3.75. The summed E-state index contributed by atoms with van der Waals surface area (Å²) in [6.45, 7) is 8.42. The number of nitrogens with one attached hydrogen (secondary N) is 1. The fraction of sp³-hybridized carbons (Fsp3) is 0.333. The van der Waals surface area contributed by atoms with Crippen molar-refractivity contribution in [1.29, 1.82) is 0 Å². The number of fused-ring (bicyclic) bond motifs is 1. The molecule has 1 heterocycles. The summed E-state index contributed by atoms with van der Waals surface area (Å²) in [4.78, 5) is 2.49. The SMILES string of the molecule is Cc1ccc(CN2CCNCc3ccccc32)cc1C. The van der Waals surface area contributed by atoms with Gasteiger partial charge in [-0.25, -0.2) is 0 Å². The summed E-state index contributed by atoms with van der Waals surface area (Å²) in [6, 6.07) is 15.5. The first-order chi connectivity index (χ1) is 9.74. The molecule has 2 nitrogen and oxygen atoms in total. The zero-order valence-electron chi connectivity index (χ0n) is 12.3. The zero-order chi connectivity index (χ0) is 13.9. The number of benzene rings is 2. The second-order valence-corrected chi connectivity index (χ2v) is 5.65.